The molecule has 3 fully saturated rings. The van der Waals surface area contributed by atoms with Crippen molar-refractivity contribution in [3.05, 3.63) is 59.7 Å². The largest absolute Gasteiger partial charge is 0.508 e. The third-order valence-corrected chi connectivity index (χ3v) is 7.40. The Balaban J connectivity index is 1.37. The lowest BCUT2D eigenvalue weighted by Gasteiger charge is -2.42. The first kappa shape index (κ1) is 21.7. The van der Waals surface area contributed by atoms with Crippen molar-refractivity contribution in [3.8, 4) is 11.5 Å². The van der Waals surface area contributed by atoms with E-state index in [-0.39, 0.29) is 17.6 Å². The van der Waals surface area contributed by atoms with Crippen LogP contribution in [0.2, 0.25) is 0 Å². The molecule has 0 amide bonds. The molecular formula is C27H34O5. The molecule has 2 aromatic rings. The molecule has 172 valence electrons. The van der Waals surface area contributed by atoms with Crippen molar-refractivity contribution in [3.63, 3.8) is 0 Å². The summed E-state index contributed by atoms with van der Waals surface area (Å²) >= 11 is 0. The Morgan fingerprint density at radius 1 is 0.781 bits per heavy atom. The maximum absolute atomic E-state index is 10.9. The van der Waals surface area contributed by atoms with Gasteiger partial charge < -0.3 is 24.4 Å². The number of aryl methyl sites for hydroxylation is 1. The number of para-hydroxylation sites is 2. The Hall–Kier alpha value is -2.08. The first-order chi connectivity index (χ1) is 15.6. The van der Waals surface area contributed by atoms with Crippen molar-refractivity contribution in [2.45, 2.75) is 68.7 Å². The van der Waals surface area contributed by atoms with E-state index in [1.165, 1.54) is 0 Å². The van der Waals surface area contributed by atoms with Crippen molar-refractivity contribution < 1.29 is 24.4 Å². The van der Waals surface area contributed by atoms with E-state index in [2.05, 4.69) is 6.07 Å². The average Bonchev–Trinajstić information content (AvgIpc) is 3.63. The Kier molecular flexibility index (Phi) is 6.40. The summed E-state index contributed by atoms with van der Waals surface area (Å²) in [6.07, 6.45) is 7.71. The van der Waals surface area contributed by atoms with Gasteiger partial charge in [0.15, 0.2) is 0 Å². The number of ether oxygens (including phenoxy) is 3. The van der Waals surface area contributed by atoms with Crippen molar-refractivity contribution >= 4 is 0 Å². The number of hydrogen-bond acceptors (Lipinski definition) is 5. The van der Waals surface area contributed by atoms with Crippen molar-refractivity contribution in [2.24, 2.45) is 5.92 Å². The zero-order valence-electron chi connectivity index (χ0n) is 18.6. The molecule has 0 bridgehead atoms. The summed E-state index contributed by atoms with van der Waals surface area (Å²) in [5, 5.41) is 21.0. The van der Waals surface area contributed by atoms with Gasteiger partial charge in [-0.05, 0) is 62.1 Å². The number of hydrogen-bond donors (Lipinski definition) is 2. The number of rotatable bonds is 13. The van der Waals surface area contributed by atoms with Crippen molar-refractivity contribution in [1.29, 1.82) is 0 Å². The van der Waals surface area contributed by atoms with Crippen LogP contribution >= 0.6 is 0 Å². The summed E-state index contributed by atoms with van der Waals surface area (Å²) in [5.74, 6) is 1.14. The molecule has 5 rings (SSSR count). The fraction of sp³-hybridized carbons (Fsp3) is 0.556. The molecule has 4 atom stereocenters. The van der Waals surface area contributed by atoms with Crippen LogP contribution in [0.1, 0.15) is 49.7 Å². The van der Waals surface area contributed by atoms with Gasteiger partial charge in [0, 0.05) is 11.0 Å². The number of unbranched alkanes of at least 4 members (excludes halogenated alkanes) is 1. The quantitative estimate of drug-likeness (QED) is 0.349. The maximum atomic E-state index is 10.9. The second-order valence-electron chi connectivity index (χ2n) is 9.75. The summed E-state index contributed by atoms with van der Waals surface area (Å²) in [6, 6.07) is 15.5. The van der Waals surface area contributed by atoms with E-state index < -0.39 is 0 Å². The van der Waals surface area contributed by atoms with Gasteiger partial charge >= 0.3 is 0 Å². The predicted octanol–water partition coefficient (Wildman–Crippen LogP) is 4.73. The Morgan fingerprint density at radius 2 is 1.38 bits per heavy atom. The molecular weight excluding hydrogens is 404 g/mol. The molecule has 4 unspecified atom stereocenters. The second kappa shape index (κ2) is 9.42. The van der Waals surface area contributed by atoms with Gasteiger partial charge in [0.25, 0.3) is 0 Å². The number of phenols is 2. The lowest BCUT2D eigenvalue weighted by Crippen LogP contribution is -2.39. The van der Waals surface area contributed by atoms with Gasteiger partial charge in [0.1, 0.15) is 11.5 Å². The third kappa shape index (κ3) is 5.28. The number of benzene rings is 2. The van der Waals surface area contributed by atoms with E-state index in [1.807, 2.05) is 36.4 Å². The molecule has 0 aromatic heterocycles. The van der Waals surface area contributed by atoms with Crippen LogP contribution in [0.4, 0.5) is 0 Å². The number of epoxide rings is 3. The first-order valence-electron chi connectivity index (χ1n) is 12.0. The minimum absolute atomic E-state index is 0.186. The van der Waals surface area contributed by atoms with Crippen LogP contribution in [-0.2, 0) is 26.0 Å². The van der Waals surface area contributed by atoms with Gasteiger partial charge in [-0.15, -0.1) is 0 Å². The van der Waals surface area contributed by atoms with Crippen LogP contribution in [0, 0.1) is 5.92 Å². The van der Waals surface area contributed by atoms with Gasteiger partial charge in [-0.1, -0.05) is 42.8 Å². The molecule has 2 aromatic carbocycles. The fourth-order valence-electron chi connectivity index (χ4n) is 5.51. The molecule has 5 nitrogen and oxygen atoms in total. The van der Waals surface area contributed by atoms with Crippen molar-refractivity contribution in [2.75, 3.05) is 19.8 Å². The highest BCUT2D eigenvalue weighted by molar-refractivity contribution is 5.40. The number of phenolic OH excluding ortho intramolecular Hbond substituents is 2. The second-order valence-corrected chi connectivity index (χ2v) is 9.75. The molecule has 2 N–H and O–H groups in total. The summed E-state index contributed by atoms with van der Waals surface area (Å²) in [6.45, 7) is 2.45. The summed E-state index contributed by atoms with van der Waals surface area (Å²) < 4.78 is 17.1. The number of aromatic hydroxyl groups is 2. The van der Waals surface area contributed by atoms with Gasteiger partial charge in [0.2, 0.25) is 0 Å². The van der Waals surface area contributed by atoms with Crippen LogP contribution in [0.3, 0.4) is 0 Å². The zero-order valence-corrected chi connectivity index (χ0v) is 18.6. The Morgan fingerprint density at radius 3 is 1.97 bits per heavy atom. The SMILES string of the molecule is Oc1ccccc1CCCCC(CC1CO1)C(CC1CO1)(CC1CO1)c1ccccc1O. The molecule has 0 aliphatic carbocycles. The molecule has 3 saturated heterocycles. The lowest BCUT2D eigenvalue weighted by molar-refractivity contribution is 0.152. The molecule has 3 aliphatic rings. The molecule has 0 spiro atoms. The first-order valence-corrected chi connectivity index (χ1v) is 12.0. The summed E-state index contributed by atoms with van der Waals surface area (Å²) in [5.41, 5.74) is 1.87. The fourth-order valence-corrected chi connectivity index (χ4v) is 5.51. The monoisotopic (exact) mass is 438 g/mol. The zero-order chi connectivity index (χ0) is 22.0. The van der Waals surface area contributed by atoms with Crippen LogP contribution < -0.4 is 0 Å². The highest BCUT2D eigenvalue weighted by atomic mass is 16.6. The van der Waals surface area contributed by atoms with Gasteiger partial charge in [-0.2, -0.15) is 0 Å². The minimum atomic E-state index is -0.186. The predicted molar refractivity (Wildman–Crippen MR) is 122 cm³/mol. The average molecular weight is 439 g/mol. The van der Waals surface area contributed by atoms with E-state index in [0.717, 1.165) is 75.9 Å². The topological polar surface area (TPSA) is 78.0 Å². The third-order valence-electron chi connectivity index (χ3n) is 7.40. The molecule has 0 radical (unpaired) electrons. The Bertz CT molecular complexity index is 886. The van der Waals surface area contributed by atoms with Crippen molar-refractivity contribution in [1.82, 2.24) is 0 Å². The van der Waals surface area contributed by atoms with Gasteiger partial charge in [-0.25, -0.2) is 0 Å². The summed E-state index contributed by atoms with van der Waals surface area (Å²) in [4.78, 5) is 0. The molecule has 5 heteroatoms. The Labute approximate surface area is 190 Å². The highest BCUT2D eigenvalue weighted by Crippen LogP contribution is 2.52. The van der Waals surface area contributed by atoms with Gasteiger partial charge in [-0.3, -0.25) is 0 Å². The van der Waals surface area contributed by atoms with E-state index in [4.69, 9.17) is 14.2 Å². The molecule has 3 heterocycles. The van der Waals surface area contributed by atoms with Gasteiger partial charge in [0.05, 0.1) is 38.1 Å². The van der Waals surface area contributed by atoms with Crippen LogP contribution in [0.15, 0.2) is 48.5 Å². The van der Waals surface area contributed by atoms with Crippen LogP contribution in [0.25, 0.3) is 0 Å². The van der Waals surface area contributed by atoms with E-state index in [9.17, 15) is 10.2 Å². The van der Waals surface area contributed by atoms with Crippen LogP contribution in [-0.4, -0.2) is 48.3 Å². The van der Waals surface area contributed by atoms with E-state index >= 15 is 0 Å². The lowest BCUT2D eigenvalue weighted by atomic mass is 9.61. The minimum Gasteiger partial charge on any atom is -0.508 e. The molecule has 32 heavy (non-hydrogen) atoms. The maximum Gasteiger partial charge on any atom is 0.119 e. The highest BCUT2D eigenvalue weighted by Gasteiger charge is 2.50. The summed E-state index contributed by atoms with van der Waals surface area (Å²) in [7, 11) is 0. The normalized spacial score (nSPS) is 26.3. The van der Waals surface area contributed by atoms with E-state index in [0.29, 0.717) is 23.5 Å². The van der Waals surface area contributed by atoms with E-state index in [1.54, 1.807) is 6.07 Å². The molecule has 3 aliphatic heterocycles. The smallest absolute Gasteiger partial charge is 0.119 e. The standard InChI is InChI=1S/C27H34O5/c28-25-11-5-2-8-19(25)7-1-3-9-20(13-21-16-30-21)27(14-22-17-31-22,15-23-18-32-23)24-10-4-6-12-26(24)29/h2,4-6,8,10-12,20-23,28-29H,1,3,7,9,13-18H2. The van der Waals surface area contributed by atoms with Crippen LogP contribution in [0.5, 0.6) is 11.5 Å². The molecule has 0 saturated carbocycles.